The Morgan fingerprint density at radius 2 is 1.54 bits per heavy atom. The van der Waals surface area contributed by atoms with Crippen LogP contribution in [0.25, 0.3) is 0 Å². The molecule has 0 aliphatic heterocycles. The van der Waals surface area contributed by atoms with Gasteiger partial charge in [-0.05, 0) is 13.8 Å². The lowest BCUT2D eigenvalue weighted by Crippen LogP contribution is -2.60. The Morgan fingerprint density at radius 1 is 1.15 bits per heavy atom. The van der Waals surface area contributed by atoms with Crippen LogP contribution in [0.15, 0.2) is 0 Å². The van der Waals surface area contributed by atoms with E-state index in [0.717, 1.165) is 21.0 Å². The molecule has 13 heavy (non-hydrogen) atoms. The molecule has 6 heteroatoms. The van der Waals surface area contributed by atoms with E-state index in [0.29, 0.717) is 0 Å². The summed E-state index contributed by atoms with van der Waals surface area (Å²) in [7, 11) is 0.981. The van der Waals surface area contributed by atoms with Gasteiger partial charge in [-0.3, -0.25) is 0 Å². The first-order valence-electron chi connectivity index (χ1n) is 3.44. The van der Waals surface area contributed by atoms with Crippen LogP contribution >= 0.6 is 0 Å². The smallest absolute Gasteiger partial charge is 0.341 e. The number of carbonyl (C=O) groups excluding carboxylic acids is 1. The van der Waals surface area contributed by atoms with Crippen LogP contribution in [0.3, 0.4) is 0 Å². The number of ether oxygens (including phenoxy) is 1. The molecule has 0 radical (unpaired) electrons. The highest BCUT2D eigenvalue weighted by Gasteiger charge is 2.54. The van der Waals surface area contributed by atoms with Crippen LogP contribution in [-0.2, 0) is 14.3 Å². The van der Waals surface area contributed by atoms with E-state index in [9.17, 15) is 19.8 Å². The third-order valence-electron chi connectivity index (χ3n) is 1.95. The van der Waals surface area contributed by atoms with E-state index >= 15 is 0 Å². The lowest BCUT2D eigenvalue weighted by molar-refractivity contribution is -0.201. The van der Waals surface area contributed by atoms with Crippen molar-refractivity contribution in [3.63, 3.8) is 0 Å². The number of hydrogen-bond acceptors (Lipinski definition) is 5. The average molecular weight is 192 g/mol. The molecule has 76 valence electrons. The number of methoxy groups -OCH3 is 1. The van der Waals surface area contributed by atoms with Gasteiger partial charge >= 0.3 is 11.9 Å². The second kappa shape index (κ2) is 3.31. The van der Waals surface area contributed by atoms with E-state index in [4.69, 9.17) is 5.11 Å². The molecule has 0 aliphatic rings. The number of carboxylic acids is 1. The molecular formula is C7H12O6. The molecule has 0 bridgehead atoms. The molecule has 0 aromatic rings. The highest BCUT2D eigenvalue weighted by atomic mass is 16.5. The molecule has 2 atom stereocenters. The van der Waals surface area contributed by atoms with Gasteiger partial charge in [-0.2, -0.15) is 0 Å². The van der Waals surface area contributed by atoms with Crippen molar-refractivity contribution < 1.29 is 29.6 Å². The molecule has 2 unspecified atom stereocenters. The number of carbonyl (C=O) groups is 2. The minimum Gasteiger partial charge on any atom is -0.479 e. The molecule has 0 fully saturated rings. The maximum absolute atomic E-state index is 10.9. The van der Waals surface area contributed by atoms with Gasteiger partial charge < -0.3 is 20.1 Å². The van der Waals surface area contributed by atoms with Gasteiger partial charge in [0.25, 0.3) is 0 Å². The Kier molecular flexibility index (Phi) is 3.02. The fraction of sp³-hybridized carbons (Fsp3) is 0.714. The predicted molar refractivity (Wildman–Crippen MR) is 40.9 cm³/mol. The van der Waals surface area contributed by atoms with Crippen molar-refractivity contribution in [3.8, 4) is 0 Å². The van der Waals surface area contributed by atoms with Gasteiger partial charge in [-0.15, -0.1) is 0 Å². The lowest BCUT2D eigenvalue weighted by Gasteiger charge is -2.31. The minimum atomic E-state index is -2.58. The van der Waals surface area contributed by atoms with Crippen molar-refractivity contribution in [2.75, 3.05) is 7.11 Å². The monoisotopic (exact) mass is 192 g/mol. The van der Waals surface area contributed by atoms with E-state index < -0.39 is 23.1 Å². The molecule has 3 N–H and O–H groups in total. The van der Waals surface area contributed by atoms with E-state index in [1.165, 1.54) is 0 Å². The first-order chi connectivity index (χ1) is 5.67. The van der Waals surface area contributed by atoms with Crippen molar-refractivity contribution >= 4 is 11.9 Å². The van der Waals surface area contributed by atoms with Crippen LogP contribution in [0.2, 0.25) is 0 Å². The third kappa shape index (κ3) is 1.78. The van der Waals surface area contributed by atoms with E-state index in [2.05, 4.69) is 4.74 Å². The maximum atomic E-state index is 10.9. The summed E-state index contributed by atoms with van der Waals surface area (Å²) in [5.41, 5.74) is -5.06. The molecule has 0 saturated heterocycles. The number of rotatable bonds is 3. The van der Waals surface area contributed by atoms with Crippen LogP contribution in [0, 0.1) is 0 Å². The van der Waals surface area contributed by atoms with E-state index in [1.54, 1.807) is 0 Å². The lowest BCUT2D eigenvalue weighted by atomic mass is 9.86. The van der Waals surface area contributed by atoms with Crippen LogP contribution in [0.1, 0.15) is 13.8 Å². The minimum absolute atomic E-state index is 0.812. The maximum Gasteiger partial charge on any atom is 0.341 e. The van der Waals surface area contributed by atoms with E-state index in [-0.39, 0.29) is 0 Å². The second-order valence-corrected chi connectivity index (χ2v) is 2.94. The molecule has 0 spiro atoms. The summed E-state index contributed by atoms with van der Waals surface area (Å²) in [5, 5.41) is 27.1. The summed E-state index contributed by atoms with van der Waals surface area (Å²) >= 11 is 0. The SMILES string of the molecule is COC(=O)C(C)(O)C(C)(O)C(=O)O. The molecule has 0 aliphatic carbocycles. The van der Waals surface area contributed by atoms with Crippen molar-refractivity contribution in [2.24, 2.45) is 0 Å². The average Bonchev–Trinajstić information content (AvgIpc) is 2.02. The predicted octanol–water partition coefficient (Wildman–Crippen LogP) is -1.25. The standard InChI is InChI=1S/C7H12O6/c1-6(11,4(8)9)7(2,12)5(10)13-3/h11-12H,1-3H3,(H,8,9). The molecule has 0 saturated carbocycles. The van der Waals surface area contributed by atoms with Crippen molar-refractivity contribution in [1.29, 1.82) is 0 Å². The summed E-state index contributed by atoms with van der Waals surface area (Å²) in [6, 6.07) is 0. The number of esters is 1. The van der Waals surface area contributed by atoms with Crippen molar-refractivity contribution in [3.05, 3.63) is 0 Å². The van der Waals surface area contributed by atoms with Gasteiger partial charge in [0.15, 0.2) is 11.2 Å². The second-order valence-electron chi connectivity index (χ2n) is 2.94. The zero-order valence-electron chi connectivity index (χ0n) is 7.57. The topological polar surface area (TPSA) is 104 Å². The summed E-state index contributed by atoms with van der Waals surface area (Å²) in [4.78, 5) is 21.4. The van der Waals surface area contributed by atoms with Gasteiger partial charge in [0.1, 0.15) is 0 Å². The van der Waals surface area contributed by atoms with Crippen molar-refractivity contribution in [2.45, 2.75) is 25.0 Å². The molecule has 0 rings (SSSR count). The number of aliphatic hydroxyl groups is 2. The summed E-state index contributed by atoms with van der Waals surface area (Å²) in [6.07, 6.45) is 0. The first kappa shape index (κ1) is 11.9. The van der Waals surface area contributed by atoms with E-state index in [1.807, 2.05) is 0 Å². The molecule has 0 heterocycles. The van der Waals surface area contributed by atoms with Crippen LogP contribution in [0.4, 0.5) is 0 Å². The highest BCUT2D eigenvalue weighted by molar-refractivity contribution is 5.90. The first-order valence-corrected chi connectivity index (χ1v) is 3.44. The Bertz CT molecular complexity index is 229. The molecule has 0 amide bonds. The van der Waals surface area contributed by atoms with Crippen LogP contribution < -0.4 is 0 Å². The van der Waals surface area contributed by atoms with Crippen LogP contribution in [0.5, 0.6) is 0 Å². The summed E-state index contributed by atoms with van der Waals surface area (Å²) < 4.78 is 4.14. The fourth-order valence-electron chi connectivity index (χ4n) is 0.606. The van der Waals surface area contributed by atoms with Crippen LogP contribution in [-0.4, -0.2) is 45.6 Å². The third-order valence-corrected chi connectivity index (χ3v) is 1.95. The highest BCUT2D eigenvalue weighted by Crippen LogP contribution is 2.23. The molecule has 6 nitrogen and oxygen atoms in total. The molecular weight excluding hydrogens is 180 g/mol. The normalized spacial score (nSPS) is 19.8. The number of carboxylic acid groups (broad SMARTS) is 1. The Morgan fingerprint density at radius 3 is 1.77 bits per heavy atom. The molecule has 0 aromatic carbocycles. The Labute approximate surface area is 74.7 Å². The Hall–Kier alpha value is -1.14. The van der Waals surface area contributed by atoms with Crippen molar-refractivity contribution in [1.82, 2.24) is 0 Å². The van der Waals surface area contributed by atoms with Gasteiger partial charge in [-0.25, -0.2) is 9.59 Å². The van der Waals surface area contributed by atoms with Gasteiger partial charge in [0, 0.05) is 0 Å². The zero-order valence-corrected chi connectivity index (χ0v) is 7.57. The van der Waals surface area contributed by atoms with Gasteiger partial charge in [0.2, 0.25) is 0 Å². The largest absolute Gasteiger partial charge is 0.479 e. The number of aliphatic carboxylic acids is 1. The fourth-order valence-corrected chi connectivity index (χ4v) is 0.606. The zero-order chi connectivity index (χ0) is 10.9. The quantitative estimate of drug-likeness (QED) is 0.482. The molecule has 0 aromatic heterocycles. The van der Waals surface area contributed by atoms with Gasteiger partial charge in [0.05, 0.1) is 7.11 Å². The summed E-state index contributed by atoms with van der Waals surface area (Å²) in [5.74, 6) is -2.91. The Balaban J connectivity index is 5.02. The summed E-state index contributed by atoms with van der Waals surface area (Å²) in [6.45, 7) is 1.68. The number of hydrogen-bond donors (Lipinski definition) is 3. The van der Waals surface area contributed by atoms with Gasteiger partial charge in [-0.1, -0.05) is 0 Å².